The number of hydrogen-bond donors (Lipinski definition) is 2. The molecule has 0 amide bonds. The summed E-state index contributed by atoms with van der Waals surface area (Å²) in [6.07, 6.45) is -4.38. The van der Waals surface area contributed by atoms with Crippen LogP contribution in [0.2, 0.25) is 0 Å². The first kappa shape index (κ1) is 24.1. The zero-order chi connectivity index (χ0) is 20.0. The van der Waals surface area contributed by atoms with E-state index >= 15 is 0 Å². The number of nitrogens with one attached hydrogen (secondary N) is 2. The molecule has 1 heterocycles. The molecule has 0 aliphatic carbocycles. The molecule has 0 saturated heterocycles. The quantitative estimate of drug-likeness (QED) is 0.270. The lowest BCUT2D eigenvalue weighted by molar-refractivity contribution is -0.137. The second-order valence-corrected chi connectivity index (χ2v) is 6.00. The van der Waals surface area contributed by atoms with E-state index in [2.05, 4.69) is 20.7 Å². The summed E-state index contributed by atoms with van der Waals surface area (Å²) in [5, 5.41) is 10.6. The Hall–Kier alpha value is -1.98. The maximum Gasteiger partial charge on any atom is 0.416 e. The van der Waals surface area contributed by atoms with Crippen molar-refractivity contribution in [1.82, 2.24) is 20.4 Å². The van der Waals surface area contributed by atoms with Gasteiger partial charge in [0.05, 0.1) is 17.8 Å². The third kappa shape index (κ3) is 6.57. The lowest BCUT2D eigenvalue weighted by Gasteiger charge is -2.13. The van der Waals surface area contributed by atoms with Crippen molar-refractivity contribution >= 4 is 29.9 Å². The minimum Gasteiger partial charge on any atom is -0.492 e. The maximum absolute atomic E-state index is 12.7. The van der Waals surface area contributed by atoms with Crippen LogP contribution < -0.4 is 15.4 Å². The summed E-state index contributed by atoms with van der Waals surface area (Å²) in [5.41, 5.74) is 2.39. The second-order valence-electron chi connectivity index (χ2n) is 6.00. The lowest BCUT2D eigenvalue weighted by atomic mass is 10.2. The summed E-state index contributed by atoms with van der Waals surface area (Å²) >= 11 is 0. The van der Waals surface area contributed by atoms with Crippen molar-refractivity contribution in [3.8, 4) is 5.75 Å². The zero-order valence-corrected chi connectivity index (χ0v) is 18.6. The molecule has 1 aromatic heterocycles. The lowest BCUT2D eigenvalue weighted by Crippen LogP contribution is -2.39. The van der Waals surface area contributed by atoms with E-state index in [4.69, 9.17) is 4.74 Å². The van der Waals surface area contributed by atoms with E-state index in [9.17, 15) is 13.2 Å². The predicted molar refractivity (Wildman–Crippen MR) is 113 cm³/mol. The topological polar surface area (TPSA) is 63.5 Å². The van der Waals surface area contributed by atoms with Gasteiger partial charge in [-0.05, 0) is 32.0 Å². The summed E-state index contributed by atoms with van der Waals surface area (Å²) in [5.74, 6) is 0.751. The van der Waals surface area contributed by atoms with Crippen LogP contribution in [0, 0.1) is 13.8 Å². The third-order valence-electron chi connectivity index (χ3n) is 4.14. The van der Waals surface area contributed by atoms with Crippen molar-refractivity contribution in [2.24, 2.45) is 12.0 Å². The molecule has 156 valence electrons. The largest absolute Gasteiger partial charge is 0.492 e. The van der Waals surface area contributed by atoms with Crippen LogP contribution in [0.4, 0.5) is 13.2 Å². The normalized spacial score (nSPS) is 11.8. The number of alkyl halides is 3. The van der Waals surface area contributed by atoms with Crippen molar-refractivity contribution in [2.45, 2.75) is 26.6 Å². The number of halogens is 4. The first-order valence-corrected chi connectivity index (χ1v) is 8.46. The fourth-order valence-corrected chi connectivity index (χ4v) is 2.57. The molecule has 10 heteroatoms. The van der Waals surface area contributed by atoms with Gasteiger partial charge in [-0.2, -0.15) is 18.3 Å². The summed E-state index contributed by atoms with van der Waals surface area (Å²) in [4.78, 5) is 4.12. The summed E-state index contributed by atoms with van der Waals surface area (Å²) < 4.78 is 45.3. The molecule has 6 nitrogen and oxygen atoms in total. The molecule has 0 unspecified atom stereocenters. The van der Waals surface area contributed by atoms with Gasteiger partial charge in [-0.25, -0.2) is 0 Å². The fourth-order valence-electron chi connectivity index (χ4n) is 2.57. The minimum absolute atomic E-state index is 0. The van der Waals surface area contributed by atoms with Crippen LogP contribution >= 0.6 is 24.0 Å². The Labute approximate surface area is 179 Å². The average Bonchev–Trinajstić information content (AvgIpc) is 2.86. The highest BCUT2D eigenvalue weighted by Crippen LogP contribution is 2.31. The minimum atomic E-state index is -4.38. The van der Waals surface area contributed by atoms with Gasteiger partial charge in [0, 0.05) is 31.9 Å². The number of nitrogens with zero attached hydrogens (tertiary/aromatic N) is 3. The maximum atomic E-state index is 12.7. The van der Waals surface area contributed by atoms with Crippen LogP contribution in [0.1, 0.15) is 22.5 Å². The molecule has 2 N–H and O–H groups in total. The van der Waals surface area contributed by atoms with Crippen LogP contribution in [0.3, 0.4) is 0 Å². The van der Waals surface area contributed by atoms with Crippen molar-refractivity contribution < 1.29 is 17.9 Å². The van der Waals surface area contributed by atoms with Crippen LogP contribution in [0.5, 0.6) is 5.75 Å². The van der Waals surface area contributed by atoms with Gasteiger partial charge >= 0.3 is 6.18 Å². The summed E-state index contributed by atoms with van der Waals surface area (Å²) in [7, 11) is 3.54. The van der Waals surface area contributed by atoms with E-state index in [1.165, 1.54) is 12.1 Å². The Kier molecular flexibility index (Phi) is 9.05. The first-order chi connectivity index (χ1) is 12.7. The second kappa shape index (κ2) is 10.5. The van der Waals surface area contributed by atoms with Gasteiger partial charge in [0.2, 0.25) is 0 Å². The average molecular weight is 511 g/mol. The fraction of sp³-hybridized carbons (Fsp3) is 0.444. The molecule has 0 spiro atoms. The number of benzene rings is 1. The van der Waals surface area contributed by atoms with Crippen LogP contribution in [-0.4, -0.2) is 35.9 Å². The molecule has 28 heavy (non-hydrogen) atoms. The van der Waals surface area contributed by atoms with Gasteiger partial charge in [-0.15, -0.1) is 24.0 Å². The molecular weight excluding hydrogens is 486 g/mol. The zero-order valence-electron chi connectivity index (χ0n) is 16.2. The van der Waals surface area contributed by atoms with Crippen molar-refractivity contribution in [2.75, 3.05) is 20.2 Å². The molecule has 1 aromatic carbocycles. The number of hydrogen-bond acceptors (Lipinski definition) is 3. The van der Waals surface area contributed by atoms with Gasteiger partial charge in [0.1, 0.15) is 12.4 Å². The van der Waals surface area contributed by atoms with Crippen molar-refractivity contribution in [1.29, 1.82) is 0 Å². The number of guanidine groups is 1. The Balaban J connectivity index is 0.00000392. The number of aromatic nitrogens is 2. The molecule has 0 bridgehead atoms. The first-order valence-electron chi connectivity index (χ1n) is 8.46. The molecule has 0 saturated carbocycles. The Morgan fingerprint density at radius 2 is 1.96 bits per heavy atom. The smallest absolute Gasteiger partial charge is 0.416 e. The highest BCUT2D eigenvalue weighted by atomic mass is 127. The van der Waals surface area contributed by atoms with Gasteiger partial charge in [-0.1, -0.05) is 6.07 Å². The van der Waals surface area contributed by atoms with Crippen LogP contribution in [0.25, 0.3) is 0 Å². The third-order valence-corrected chi connectivity index (χ3v) is 4.14. The summed E-state index contributed by atoms with van der Waals surface area (Å²) in [6, 6.07) is 4.82. The molecule has 0 atom stereocenters. The molecule has 2 aromatic rings. The molecule has 0 fully saturated rings. The van der Waals surface area contributed by atoms with E-state index in [0.29, 0.717) is 19.0 Å². The van der Waals surface area contributed by atoms with E-state index in [1.54, 1.807) is 7.05 Å². The predicted octanol–water partition coefficient (Wildman–Crippen LogP) is 3.42. The van der Waals surface area contributed by atoms with E-state index in [0.717, 1.165) is 29.1 Å². The number of ether oxygens (including phenoxy) is 1. The van der Waals surface area contributed by atoms with Gasteiger partial charge in [0.25, 0.3) is 0 Å². The number of rotatable bonds is 6. The van der Waals surface area contributed by atoms with E-state index < -0.39 is 11.7 Å². The van der Waals surface area contributed by atoms with Gasteiger partial charge in [0.15, 0.2) is 5.96 Å². The van der Waals surface area contributed by atoms with E-state index in [-0.39, 0.29) is 36.3 Å². The van der Waals surface area contributed by atoms with Crippen LogP contribution in [0.15, 0.2) is 29.3 Å². The van der Waals surface area contributed by atoms with Crippen molar-refractivity contribution in [3.63, 3.8) is 0 Å². The van der Waals surface area contributed by atoms with Gasteiger partial charge < -0.3 is 15.4 Å². The number of aliphatic imine (C=N–C) groups is 1. The molecule has 0 aliphatic heterocycles. The van der Waals surface area contributed by atoms with Crippen molar-refractivity contribution in [3.05, 3.63) is 46.8 Å². The van der Waals surface area contributed by atoms with Gasteiger partial charge in [-0.3, -0.25) is 9.67 Å². The molecule has 0 radical (unpaired) electrons. The van der Waals surface area contributed by atoms with E-state index in [1.807, 2.05) is 25.6 Å². The standard InChI is InChI=1S/C18H24F3N5O.HI/c1-12-16(13(2)26(4)25-12)11-24-17(22-3)23-8-9-27-15-7-5-6-14(10-15)18(19,20)21;/h5-7,10H,8-9,11H2,1-4H3,(H2,22,23,24);1H. The highest BCUT2D eigenvalue weighted by molar-refractivity contribution is 14.0. The Morgan fingerprint density at radius 3 is 2.54 bits per heavy atom. The molecular formula is C18H25F3IN5O. The Bertz CT molecular complexity index is 805. The Morgan fingerprint density at radius 1 is 1.25 bits per heavy atom. The highest BCUT2D eigenvalue weighted by Gasteiger charge is 2.30. The van der Waals surface area contributed by atoms with Crippen LogP contribution in [-0.2, 0) is 19.8 Å². The SMILES string of the molecule is CN=C(NCCOc1cccc(C(F)(F)F)c1)NCc1c(C)nn(C)c1C.I. The number of aryl methyl sites for hydroxylation is 2. The molecule has 2 rings (SSSR count). The molecule has 0 aliphatic rings. The monoisotopic (exact) mass is 511 g/mol. The summed E-state index contributed by atoms with van der Waals surface area (Å²) in [6.45, 7) is 5.10.